The van der Waals surface area contributed by atoms with Crippen LogP contribution in [0.5, 0.6) is 5.75 Å². The molecule has 0 radical (unpaired) electrons. The molecule has 0 saturated carbocycles. The number of H-pyrrole nitrogens is 1. The first kappa shape index (κ1) is 8.49. The first-order valence-electron chi connectivity index (χ1n) is 4.54. The first-order chi connectivity index (χ1) is 7.33. The van der Waals surface area contributed by atoms with Crippen molar-refractivity contribution in [2.75, 3.05) is 0 Å². The molecule has 0 amide bonds. The van der Waals surface area contributed by atoms with Crippen LogP contribution in [0.15, 0.2) is 35.8 Å². The van der Waals surface area contributed by atoms with Crippen molar-refractivity contribution in [3.05, 3.63) is 35.8 Å². The molecule has 3 aromatic rings. The molecular formula is C11H8N2OS. The van der Waals surface area contributed by atoms with Gasteiger partial charge in [-0.2, -0.15) is 0 Å². The zero-order valence-electron chi connectivity index (χ0n) is 7.77. The Morgan fingerprint density at radius 3 is 2.73 bits per heavy atom. The normalized spacial score (nSPS) is 10.9. The molecule has 0 atom stereocenters. The molecule has 0 unspecified atom stereocenters. The molecule has 4 heteroatoms. The smallest absolute Gasteiger partial charge is 0.148 e. The molecule has 0 aliphatic heterocycles. The highest BCUT2D eigenvalue weighted by Crippen LogP contribution is 2.26. The van der Waals surface area contributed by atoms with Crippen molar-refractivity contribution in [1.82, 2.24) is 9.97 Å². The van der Waals surface area contributed by atoms with Gasteiger partial charge in [0.1, 0.15) is 11.4 Å². The van der Waals surface area contributed by atoms with Gasteiger partial charge in [0.15, 0.2) is 0 Å². The lowest BCUT2D eigenvalue weighted by Gasteiger charge is -1.97. The Morgan fingerprint density at radius 1 is 1.20 bits per heavy atom. The van der Waals surface area contributed by atoms with E-state index in [0.717, 1.165) is 21.6 Å². The quantitative estimate of drug-likeness (QED) is 0.657. The maximum absolute atomic E-state index is 9.18. The Bertz CT molecular complexity index is 566. The summed E-state index contributed by atoms with van der Waals surface area (Å²) in [7, 11) is 0. The van der Waals surface area contributed by atoms with Gasteiger partial charge in [-0.1, -0.05) is 0 Å². The van der Waals surface area contributed by atoms with E-state index in [1.54, 1.807) is 23.5 Å². The van der Waals surface area contributed by atoms with Crippen LogP contribution < -0.4 is 0 Å². The van der Waals surface area contributed by atoms with Crippen LogP contribution in [-0.4, -0.2) is 15.1 Å². The number of thiazole rings is 1. The molecule has 0 aliphatic rings. The monoisotopic (exact) mass is 216 g/mol. The number of phenols is 1. The van der Waals surface area contributed by atoms with Crippen molar-refractivity contribution in [2.24, 2.45) is 0 Å². The minimum absolute atomic E-state index is 0.283. The predicted octanol–water partition coefficient (Wildman–Crippen LogP) is 3.00. The molecule has 3 nitrogen and oxygen atoms in total. The number of aromatic amines is 1. The second-order valence-electron chi connectivity index (χ2n) is 3.30. The Kier molecular flexibility index (Phi) is 1.76. The summed E-state index contributed by atoms with van der Waals surface area (Å²) in [5, 5.41) is 9.18. The number of hydrogen-bond donors (Lipinski definition) is 2. The van der Waals surface area contributed by atoms with Gasteiger partial charge in [0.2, 0.25) is 0 Å². The molecule has 2 aromatic heterocycles. The maximum Gasteiger partial charge on any atom is 0.148 e. The molecule has 0 aliphatic carbocycles. The van der Waals surface area contributed by atoms with E-state index in [1.165, 1.54) is 0 Å². The highest BCUT2D eigenvalue weighted by Gasteiger charge is 2.04. The van der Waals surface area contributed by atoms with Gasteiger partial charge in [-0.05, 0) is 35.9 Å². The third kappa shape index (κ3) is 1.39. The summed E-state index contributed by atoms with van der Waals surface area (Å²) in [4.78, 5) is 7.42. The fourth-order valence-corrected chi connectivity index (χ4v) is 2.22. The number of rotatable bonds is 1. The van der Waals surface area contributed by atoms with Crippen LogP contribution in [-0.2, 0) is 0 Å². The van der Waals surface area contributed by atoms with E-state index >= 15 is 0 Å². The number of fused-ring (bicyclic) bond motifs is 1. The van der Waals surface area contributed by atoms with E-state index < -0.39 is 0 Å². The lowest BCUT2D eigenvalue weighted by atomic mass is 10.1. The summed E-state index contributed by atoms with van der Waals surface area (Å²) in [6, 6.07) is 9.18. The summed E-state index contributed by atoms with van der Waals surface area (Å²) in [6.45, 7) is 0. The minimum atomic E-state index is 0.283. The zero-order chi connectivity index (χ0) is 10.3. The number of aromatic hydroxyl groups is 1. The number of aromatic nitrogens is 2. The topological polar surface area (TPSA) is 48.9 Å². The fourth-order valence-electron chi connectivity index (χ4n) is 1.54. The fraction of sp³-hybridized carbons (Fsp3) is 0. The standard InChI is InChI=1S/C11H8N2OS/c14-8-3-1-7(2-4-8)9-5-10-11(13-9)12-6-15-10/h1-6,13-14H. The molecule has 3 rings (SSSR count). The van der Waals surface area contributed by atoms with Crippen molar-refractivity contribution >= 4 is 21.7 Å². The lowest BCUT2D eigenvalue weighted by molar-refractivity contribution is 0.475. The number of phenolic OH excluding ortho intramolecular Hbond substituents is 1. The Labute approximate surface area is 90.0 Å². The number of nitrogens with zero attached hydrogens (tertiary/aromatic N) is 1. The second-order valence-corrected chi connectivity index (χ2v) is 4.18. The van der Waals surface area contributed by atoms with Gasteiger partial charge in [0.05, 0.1) is 10.2 Å². The van der Waals surface area contributed by atoms with Gasteiger partial charge < -0.3 is 10.1 Å². The van der Waals surface area contributed by atoms with Crippen molar-refractivity contribution in [3.63, 3.8) is 0 Å². The number of hydrogen-bond acceptors (Lipinski definition) is 3. The summed E-state index contributed by atoms with van der Waals surface area (Å²) in [5.74, 6) is 0.283. The van der Waals surface area contributed by atoms with E-state index in [2.05, 4.69) is 16.0 Å². The van der Waals surface area contributed by atoms with E-state index in [-0.39, 0.29) is 5.75 Å². The number of benzene rings is 1. The average molecular weight is 216 g/mol. The molecular weight excluding hydrogens is 208 g/mol. The third-order valence-electron chi connectivity index (χ3n) is 2.30. The van der Waals surface area contributed by atoms with Gasteiger partial charge in [0.25, 0.3) is 0 Å². The zero-order valence-corrected chi connectivity index (χ0v) is 8.58. The Hall–Kier alpha value is -1.81. The maximum atomic E-state index is 9.18. The Morgan fingerprint density at radius 2 is 2.00 bits per heavy atom. The predicted molar refractivity (Wildman–Crippen MR) is 61.1 cm³/mol. The van der Waals surface area contributed by atoms with E-state index in [1.807, 2.05) is 17.6 Å². The molecule has 0 bridgehead atoms. The van der Waals surface area contributed by atoms with E-state index in [0.29, 0.717) is 0 Å². The van der Waals surface area contributed by atoms with Gasteiger partial charge in [0, 0.05) is 5.69 Å². The highest BCUT2D eigenvalue weighted by molar-refractivity contribution is 7.16. The summed E-state index contributed by atoms with van der Waals surface area (Å²) in [6.07, 6.45) is 0. The molecule has 0 spiro atoms. The van der Waals surface area contributed by atoms with Crippen molar-refractivity contribution in [3.8, 4) is 17.0 Å². The van der Waals surface area contributed by atoms with Crippen LogP contribution >= 0.6 is 11.3 Å². The van der Waals surface area contributed by atoms with Crippen LogP contribution in [0.25, 0.3) is 21.6 Å². The second kappa shape index (κ2) is 3.10. The summed E-state index contributed by atoms with van der Waals surface area (Å²) in [5.41, 5.74) is 4.83. The average Bonchev–Trinajstić information content (AvgIpc) is 2.78. The van der Waals surface area contributed by atoms with E-state index in [9.17, 15) is 5.11 Å². The molecule has 2 heterocycles. The lowest BCUT2D eigenvalue weighted by Crippen LogP contribution is -1.76. The molecule has 2 N–H and O–H groups in total. The highest BCUT2D eigenvalue weighted by atomic mass is 32.1. The first-order valence-corrected chi connectivity index (χ1v) is 5.42. The molecule has 1 aromatic carbocycles. The Balaban J connectivity index is 2.13. The van der Waals surface area contributed by atoms with Crippen LogP contribution in [0, 0.1) is 0 Å². The largest absolute Gasteiger partial charge is 0.508 e. The molecule has 0 saturated heterocycles. The van der Waals surface area contributed by atoms with Crippen LogP contribution in [0.1, 0.15) is 0 Å². The van der Waals surface area contributed by atoms with Gasteiger partial charge in [-0.3, -0.25) is 0 Å². The number of nitrogens with one attached hydrogen (secondary N) is 1. The van der Waals surface area contributed by atoms with Gasteiger partial charge in [-0.25, -0.2) is 4.98 Å². The SMILES string of the molecule is Oc1ccc(-c2cc3scnc3[nH]2)cc1. The van der Waals surface area contributed by atoms with Gasteiger partial charge in [-0.15, -0.1) is 11.3 Å². The molecule has 15 heavy (non-hydrogen) atoms. The van der Waals surface area contributed by atoms with Gasteiger partial charge >= 0.3 is 0 Å². The van der Waals surface area contributed by atoms with Crippen molar-refractivity contribution in [1.29, 1.82) is 0 Å². The summed E-state index contributed by atoms with van der Waals surface area (Å²) >= 11 is 1.61. The van der Waals surface area contributed by atoms with Crippen LogP contribution in [0.4, 0.5) is 0 Å². The summed E-state index contributed by atoms with van der Waals surface area (Å²) < 4.78 is 1.15. The van der Waals surface area contributed by atoms with Crippen LogP contribution in [0.2, 0.25) is 0 Å². The molecule has 74 valence electrons. The van der Waals surface area contributed by atoms with Crippen molar-refractivity contribution in [2.45, 2.75) is 0 Å². The van der Waals surface area contributed by atoms with E-state index in [4.69, 9.17) is 0 Å². The third-order valence-corrected chi connectivity index (χ3v) is 3.08. The van der Waals surface area contributed by atoms with Crippen molar-refractivity contribution < 1.29 is 5.11 Å². The minimum Gasteiger partial charge on any atom is -0.508 e. The van der Waals surface area contributed by atoms with Crippen LogP contribution in [0.3, 0.4) is 0 Å². The molecule has 0 fully saturated rings.